The second-order valence-corrected chi connectivity index (χ2v) is 5.61. The van der Waals surface area contributed by atoms with Crippen molar-refractivity contribution in [3.8, 4) is 11.3 Å². The average molecular weight is 305 g/mol. The third-order valence-corrected chi connectivity index (χ3v) is 3.59. The molecule has 0 radical (unpaired) electrons. The predicted octanol–water partition coefficient (Wildman–Crippen LogP) is 3.52. The van der Waals surface area contributed by atoms with Gasteiger partial charge in [-0.25, -0.2) is 4.79 Å². The predicted molar refractivity (Wildman–Crippen MR) is 85.0 cm³/mol. The third-order valence-electron chi connectivity index (χ3n) is 2.69. The number of hydrogen-bond acceptors (Lipinski definition) is 3. The van der Waals surface area contributed by atoms with E-state index in [1.54, 1.807) is 12.3 Å². The summed E-state index contributed by atoms with van der Waals surface area (Å²) in [6, 6.07) is 8.39. The first-order chi connectivity index (χ1) is 9.97. The molecule has 21 heavy (non-hydrogen) atoms. The fourth-order valence-corrected chi connectivity index (χ4v) is 2.26. The Labute approximate surface area is 127 Å². The number of carboxylic acid groups (broad SMARTS) is 1. The Bertz CT molecular complexity index is 619. The monoisotopic (exact) mass is 305 g/mol. The van der Waals surface area contributed by atoms with Crippen LogP contribution in [0.5, 0.6) is 0 Å². The molecular weight excluding hydrogens is 286 g/mol. The van der Waals surface area contributed by atoms with Gasteiger partial charge in [0.2, 0.25) is 0 Å². The largest absolute Gasteiger partial charge is 0.478 e. The Morgan fingerprint density at radius 1 is 1.19 bits per heavy atom. The van der Waals surface area contributed by atoms with Gasteiger partial charge in [-0.15, -0.1) is 0 Å². The standard InChI is InChI=1S/C14H13NO3S.C2H6/c1-9-3-4-13(15-8-9)10-5-11(14(16)17)7-12(6-10)19(2)18;1-2/h3-8H,1-2H3,(H,16,17);1-2H3. The van der Waals surface area contributed by atoms with Crippen molar-refractivity contribution in [1.29, 1.82) is 0 Å². The smallest absolute Gasteiger partial charge is 0.335 e. The van der Waals surface area contributed by atoms with Gasteiger partial charge in [-0.2, -0.15) is 0 Å². The van der Waals surface area contributed by atoms with Gasteiger partial charge < -0.3 is 5.11 Å². The summed E-state index contributed by atoms with van der Waals surface area (Å²) in [5, 5.41) is 9.09. The fourth-order valence-electron chi connectivity index (χ4n) is 1.67. The van der Waals surface area contributed by atoms with Crippen LogP contribution in [0.3, 0.4) is 0 Å². The summed E-state index contributed by atoms with van der Waals surface area (Å²) in [4.78, 5) is 15.8. The number of carbonyl (C=O) groups is 1. The number of nitrogens with zero attached hydrogens (tertiary/aromatic N) is 1. The molecule has 1 aromatic heterocycles. The molecule has 0 aliphatic carbocycles. The van der Waals surface area contributed by atoms with Gasteiger partial charge in [-0.1, -0.05) is 19.9 Å². The van der Waals surface area contributed by atoms with Gasteiger partial charge >= 0.3 is 5.97 Å². The highest BCUT2D eigenvalue weighted by Crippen LogP contribution is 2.22. The molecule has 0 amide bonds. The minimum atomic E-state index is -1.24. The van der Waals surface area contributed by atoms with Gasteiger partial charge in [-0.3, -0.25) is 9.19 Å². The van der Waals surface area contributed by atoms with Crippen LogP contribution in [-0.2, 0) is 10.8 Å². The molecule has 112 valence electrons. The maximum absolute atomic E-state index is 11.6. The number of aromatic carboxylic acids is 1. The molecule has 2 aromatic rings. The molecule has 0 aliphatic heterocycles. The van der Waals surface area contributed by atoms with E-state index in [2.05, 4.69) is 4.98 Å². The zero-order valence-corrected chi connectivity index (χ0v) is 13.4. The van der Waals surface area contributed by atoms with E-state index in [0.717, 1.165) is 5.56 Å². The Hall–Kier alpha value is -2.01. The summed E-state index contributed by atoms with van der Waals surface area (Å²) >= 11 is 0. The number of aromatic nitrogens is 1. The Kier molecular flexibility index (Phi) is 6.24. The maximum atomic E-state index is 11.6. The van der Waals surface area contributed by atoms with Gasteiger partial charge in [0.1, 0.15) is 0 Å². The molecule has 0 bridgehead atoms. The Morgan fingerprint density at radius 2 is 1.86 bits per heavy atom. The lowest BCUT2D eigenvalue weighted by Crippen LogP contribution is -2.00. The maximum Gasteiger partial charge on any atom is 0.335 e. The van der Waals surface area contributed by atoms with Crippen LogP contribution in [0.25, 0.3) is 11.3 Å². The van der Waals surface area contributed by atoms with Gasteiger partial charge in [0.05, 0.1) is 11.3 Å². The summed E-state index contributed by atoms with van der Waals surface area (Å²) in [6.07, 6.45) is 3.23. The minimum absolute atomic E-state index is 0.116. The summed E-state index contributed by atoms with van der Waals surface area (Å²) in [7, 11) is -1.24. The number of hydrogen-bond donors (Lipinski definition) is 1. The van der Waals surface area contributed by atoms with E-state index in [9.17, 15) is 9.00 Å². The summed E-state index contributed by atoms with van der Waals surface area (Å²) in [5.74, 6) is -1.04. The topological polar surface area (TPSA) is 67.3 Å². The van der Waals surface area contributed by atoms with Gasteiger partial charge in [0.15, 0.2) is 0 Å². The van der Waals surface area contributed by atoms with E-state index in [0.29, 0.717) is 16.2 Å². The van der Waals surface area contributed by atoms with Crippen molar-refractivity contribution in [2.24, 2.45) is 0 Å². The first kappa shape index (κ1) is 17.0. The number of benzene rings is 1. The van der Waals surface area contributed by atoms with Crippen LogP contribution < -0.4 is 0 Å². The quantitative estimate of drug-likeness (QED) is 0.942. The number of carboxylic acids is 1. The van der Waals surface area contributed by atoms with Gasteiger partial charge in [0.25, 0.3) is 0 Å². The van der Waals surface area contributed by atoms with Crippen molar-refractivity contribution >= 4 is 16.8 Å². The first-order valence-electron chi connectivity index (χ1n) is 6.62. The number of aryl methyl sites for hydroxylation is 1. The van der Waals surface area contributed by atoms with Gasteiger partial charge in [0, 0.05) is 33.7 Å². The highest BCUT2D eigenvalue weighted by molar-refractivity contribution is 7.84. The molecule has 0 aliphatic rings. The van der Waals surface area contributed by atoms with E-state index < -0.39 is 16.8 Å². The van der Waals surface area contributed by atoms with Crippen molar-refractivity contribution in [1.82, 2.24) is 4.98 Å². The van der Waals surface area contributed by atoms with Crippen molar-refractivity contribution in [2.45, 2.75) is 25.7 Å². The summed E-state index contributed by atoms with van der Waals surface area (Å²) < 4.78 is 11.6. The summed E-state index contributed by atoms with van der Waals surface area (Å²) in [5.41, 5.74) is 2.47. The molecule has 1 aromatic carbocycles. The molecule has 1 atom stereocenters. The van der Waals surface area contributed by atoms with Crippen LogP contribution in [0.4, 0.5) is 0 Å². The van der Waals surface area contributed by atoms with Crippen LogP contribution >= 0.6 is 0 Å². The molecule has 2 rings (SSSR count). The number of rotatable bonds is 3. The summed E-state index contributed by atoms with van der Waals surface area (Å²) in [6.45, 7) is 5.93. The lowest BCUT2D eigenvalue weighted by atomic mass is 10.1. The molecule has 0 saturated carbocycles. The van der Waals surface area contributed by atoms with Gasteiger partial charge in [-0.05, 0) is 36.8 Å². The average Bonchev–Trinajstić information content (AvgIpc) is 2.49. The van der Waals surface area contributed by atoms with Crippen LogP contribution in [-0.4, -0.2) is 26.5 Å². The van der Waals surface area contributed by atoms with Crippen LogP contribution in [0, 0.1) is 6.92 Å². The molecule has 1 N–H and O–H groups in total. The zero-order valence-electron chi connectivity index (χ0n) is 12.6. The normalized spacial score (nSPS) is 11.2. The lowest BCUT2D eigenvalue weighted by molar-refractivity contribution is 0.0696. The highest BCUT2D eigenvalue weighted by Gasteiger charge is 2.10. The zero-order chi connectivity index (χ0) is 16.0. The molecule has 0 fully saturated rings. The Morgan fingerprint density at radius 3 is 2.33 bits per heavy atom. The lowest BCUT2D eigenvalue weighted by Gasteiger charge is -2.06. The second-order valence-electron chi connectivity index (χ2n) is 4.23. The van der Waals surface area contributed by atoms with E-state index in [1.807, 2.05) is 32.9 Å². The van der Waals surface area contributed by atoms with Crippen LogP contribution in [0.15, 0.2) is 41.4 Å². The molecule has 1 unspecified atom stereocenters. The van der Waals surface area contributed by atoms with E-state index >= 15 is 0 Å². The van der Waals surface area contributed by atoms with Crippen molar-refractivity contribution in [2.75, 3.05) is 6.26 Å². The van der Waals surface area contributed by atoms with Crippen LogP contribution in [0.2, 0.25) is 0 Å². The molecule has 5 heteroatoms. The second kappa shape index (κ2) is 7.69. The van der Waals surface area contributed by atoms with Crippen molar-refractivity contribution in [3.05, 3.63) is 47.7 Å². The molecule has 4 nitrogen and oxygen atoms in total. The van der Waals surface area contributed by atoms with Crippen LogP contribution in [0.1, 0.15) is 29.8 Å². The molecular formula is C16H19NO3S. The van der Waals surface area contributed by atoms with E-state index in [1.165, 1.54) is 18.4 Å². The van der Waals surface area contributed by atoms with E-state index in [4.69, 9.17) is 5.11 Å². The third kappa shape index (κ3) is 4.49. The highest BCUT2D eigenvalue weighted by atomic mass is 32.2. The SMILES string of the molecule is CC.Cc1ccc(-c2cc(C(=O)O)cc(S(C)=O)c2)nc1. The van der Waals surface area contributed by atoms with Crippen molar-refractivity contribution < 1.29 is 14.1 Å². The van der Waals surface area contributed by atoms with Crippen molar-refractivity contribution in [3.63, 3.8) is 0 Å². The fraction of sp³-hybridized carbons (Fsp3) is 0.250. The minimum Gasteiger partial charge on any atom is -0.478 e. The number of pyridine rings is 1. The Balaban J connectivity index is 0.00000106. The molecule has 0 saturated heterocycles. The molecule has 1 heterocycles. The van der Waals surface area contributed by atoms with E-state index in [-0.39, 0.29) is 5.56 Å². The first-order valence-corrected chi connectivity index (χ1v) is 8.18. The molecule has 0 spiro atoms.